The largest absolute Gasteiger partial charge is 0.462 e. The van der Waals surface area contributed by atoms with Gasteiger partial charge in [0.2, 0.25) is 0 Å². The molecule has 2 aliphatic carbocycles. The highest BCUT2D eigenvalue weighted by Gasteiger charge is 2.46. The second kappa shape index (κ2) is 8.96. The highest BCUT2D eigenvalue weighted by atomic mass is 32.1. The van der Waals surface area contributed by atoms with Crippen molar-refractivity contribution in [3.8, 4) is 6.07 Å². The Kier molecular flexibility index (Phi) is 6.10. The first-order valence-electron chi connectivity index (χ1n) is 12.1. The van der Waals surface area contributed by atoms with Gasteiger partial charge < -0.3 is 10.5 Å². The highest BCUT2D eigenvalue weighted by molar-refractivity contribution is 7.16. The van der Waals surface area contributed by atoms with Gasteiger partial charge in [0.15, 0.2) is 5.78 Å². The van der Waals surface area contributed by atoms with Crippen LogP contribution in [0.25, 0.3) is 0 Å². The van der Waals surface area contributed by atoms with E-state index in [1.54, 1.807) is 18.3 Å². The molecule has 0 saturated heterocycles. The molecule has 35 heavy (non-hydrogen) atoms. The number of allylic oxidation sites excluding steroid dienone is 3. The number of thiophene rings is 2. The molecule has 2 aromatic heterocycles. The predicted molar refractivity (Wildman–Crippen MR) is 138 cm³/mol. The quantitative estimate of drug-likeness (QED) is 0.525. The second-order valence-electron chi connectivity index (χ2n) is 10.1. The molecular formula is C27H29N3O3S2. The van der Waals surface area contributed by atoms with Gasteiger partial charge in [0.1, 0.15) is 10.8 Å². The molecule has 0 amide bonds. The minimum absolute atomic E-state index is 0.0407. The summed E-state index contributed by atoms with van der Waals surface area (Å²) in [6.07, 6.45) is 4.85. The molecule has 182 valence electrons. The van der Waals surface area contributed by atoms with Crippen LogP contribution >= 0.6 is 22.7 Å². The molecule has 0 saturated carbocycles. The predicted octanol–water partition coefficient (Wildman–Crippen LogP) is 5.81. The summed E-state index contributed by atoms with van der Waals surface area (Å²) in [6.45, 7) is 6.24. The normalized spacial score (nSPS) is 21.5. The number of aryl methyl sites for hydroxylation is 1. The number of nitriles is 1. The average Bonchev–Trinajstić information content (AvgIpc) is 3.45. The van der Waals surface area contributed by atoms with Crippen LogP contribution in [0.1, 0.15) is 78.0 Å². The summed E-state index contributed by atoms with van der Waals surface area (Å²) in [6, 6.07) is 6.21. The van der Waals surface area contributed by atoms with Crippen molar-refractivity contribution in [2.75, 3.05) is 11.5 Å². The van der Waals surface area contributed by atoms with E-state index < -0.39 is 5.92 Å². The van der Waals surface area contributed by atoms with Crippen LogP contribution in [0, 0.1) is 16.7 Å². The number of nitrogens with two attached hydrogens (primary N) is 1. The zero-order chi connectivity index (χ0) is 24.9. The minimum Gasteiger partial charge on any atom is -0.462 e. The zero-order valence-corrected chi connectivity index (χ0v) is 21.9. The third-order valence-electron chi connectivity index (χ3n) is 7.04. The summed E-state index contributed by atoms with van der Waals surface area (Å²) in [4.78, 5) is 30.9. The lowest BCUT2D eigenvalue weighted by atomic mass is 9.70. The van der Waals surface area contributed by atoms with Gasteiger partial charge in [-0.05, 0) is 61.5 Å². The van der Waals surface area contributed by atoms with Gasteiger partial charge in [-0.15, -0.1) is 22.7 Å². The number of rotatable bonds is 4. The van der Waals surface area contributed by atoms with Crippen molar-refractivity contribution >= 4 is 39.4 Å². The third-order valence-corrected chi connectivity index (χ3v) is 9.26. The van der Waals surface area contributed by atoms with Crippen LogP contribution in [0.5, 0.6) is 0 Å². The summed E-state index contributed by atoms with van der Waals surface area (Å²) >= 11 is 3.08. The lowest BCUT2D eigenvalue weighted by Gasteiger charge is -2.43. The van der Waals surface area contributed by atoms with Gasteiger partial charge in [0, 0.05) is 27.4 Å². The Morgan fingerprint density at radius 2 is 2.09 bits per heavy atom. The van der Waals surface area contributed by atoms with E-state index in [0.29, 0.717) is 40.4 Å². The van der Waals surface area contributed by atoms with Gasteiger partial charge in [-0.1, -0.05) is 19.9 Å². The number of anilines is 1. The molecule has 0 fully saturated rings. The van der Waals surface area contributed by atoms with Gasteiger partial charge >= 0.3 is 5.97 Å². The Morgan fingerprint density at radius 1 is 1.31 bits per heavy atom. The van der Waals surface area contributed by atoms with E-state index >= 15 is 0 Å². The Hall–Kier alpha value is -2.89. The first-order chi connectivity index (χ1) is 16.8. The van der Waals surface area contributed by atoms with Crippen LogP contribution < -0.4 is 10.6 Å². The molecule has 8 heteroatoms. The van der Waals surface area contributed by atoms with Crippen LogP contribution in [0.3, 0.4) is 0 Å². The summed E-state index contributed by atoms with van der Waals surface area (Å²) in [5.41, 5.74) is 9.92. The van der Waals surface area contributed by atoms with Crippen molar-refractivity contribution in [1.82, 2.24) is 0 Å². The van der Waals surface area contributed by atoms with E-state index in [1.807, 2.05) is 22.4 Å². The molecule has 3 heterocycles. The maximum absolute atomic E-state index is 13.7. The molecule has 5 rings (SSSR count). The Morgan fingerprint density at radius 3 is 2.77 bits per heavy atom. The Balaban J connectivity index is 1.79. The molecule has 0 bridgehead atoms. The average molecular weight is 508 g/mol. The second-order valence-corrected chi connectivity index (χ2v) is 12.2. The van der Waals surface area contributed by atoms with Gasteiger partial charge in [-0.3, -0.25) is 9.69 Å². The zero-order valence-electron chi connectivity index (χ0n) is 20.3. The summed E-state index contributed by atoms with van der Waals surface area (Å²) in [5, 5.41) is 12.9. The SMILES string of the molecule is CCOC(=O)c1c(N2C(N)=C(C#N)C(c3cccs3)C3=C2CC(C)(C)CC3=O)sc2c1CCCC2. The highest BCUT2D eigenvalue weighted by Crippen LogP contribution is 2.53. The monoisotopic (exact) mass is 507 g/mol. The first-order valence-corrected chi connectivity index (χ1v) is 13.8. The van der Waals surface area contributed by atoms with E-state index in [2.05, 4.69) is 19.9 Å². The standard InChI is InChI=1S/C27H29N3O3S2/c1-4-33-26(32)22-15-8-5-6-9-19(15)35-25(22)30-17-12-27(2,3)13-18(31)23(17)21(16(14-28)24(30)29)20-10-7-11-34-20/h7,10-11,21H,4-6,8-9,12-13,29H2,1-3H3. The number of ether oxygens (including phenoxy) is 1. The van der Waals surface area contributed by atoms with Gasteiger partial charge in [-0.25, -0.2) is 4.79 Å². The molecule has 0 aromatic carbocycles. The molecule has 2 aromatic rings. The van der Waals surface area contributed by atoms with Crippen LogP contribution in [0.4, 0.5) is 5.00 Å². The van der Waals surface area contributed by atoms with Crippen LogP contribution in [-0.2, 0) is 22.4 Å². The van der Waals surface area contributed by atoms with Crippen molar-refractivity contribution in [1.29, 1.82) is 5.26 Å². The fourth-order valence-corrected chi connectivity index (χ4v) is 7.86. The number of hydrogen-bond acceptors (Lipinski definition) is 8. The number of nitrogens with zero attached hydrogens (tertiary/aromatic N) is 2. The summed E-state index contributed by atoms with van der Waals surface area (Å²) in [5.74, 6) is -0.495. The van der Waals surface area contributed by atoms with Crippen molar-refractivity contribution in [2.45, 2.75) is 65.2 Å². The molecule has 6 nitrogen and oxygen atoms in total. The van der Waals surface area contributed by atoms with Gasteiger partial charge in [0.05, 0.1) is 29.7 Å². The van der Waals surface area contributed by atoms with Gasteiger partial charge in [-0.2, -0.15) is 5.26 Å². The van der Waals surface area contributed by atoms with Crippen molar-refractivity contribution in [3.63, 3.8) is 0 Å². The summed E-state index contributed by atoms with van der Waals surface area (Å²) < 4.78 is 5.49. The molecule has 0 spiro atoms. The molecule has 1 aliphatic heterocycles. The Bertz CT molecular complexity index is 1310. The van der Waals surface area contributed by atoms with E-state index in [4.69, 9.17) is 10.5 Å². The first kappa shape index (κ1) is 23.8. The fourth-order valence-electron chi connectivity index (χ4n) is 5.60. The maximum atomic E-state index is 13.7. The number of ketones is 1. The van der Waals surface area contributed by atoms with E-state index in [-0.39, 0.29) is 23.8 Å². The molecular weight excluding hydrogens is 478 g/mol. The minimum atomic E-state index is -0.476. The van der Waals surface area contributed by atoms with Gasteiger partial charge in [0.25, 0.3) is 0 Å². The summed E-state index contributed by atoms with van der Waals surface area (Å²) in [7, 11) is 0. The van der Waals surface area contributed by atoms with Crippen molar-refractivity contribution in [2.24, 2.45) is 11.1 Å². The lowest BCUT2D eigenvalue weighted by Crippen LogP contribution is -2.42. The molecule has 1 atom stereocenters. The van der Waals surface area contributed by atoms with E-state index in [9.17, 15) is 14.9 Å². The molecule has 1 unspecified atom stereocenters. The molecule has 0 radical (unpaired) electrons. The fraction of sp³-hybridized carbons (Fsp3) is 0.444. The number of esters is 1. The van der Waals surface area contributed by atoms with Crippen LogP contribution in [0.15, 0.2) is 40.2 Å². The number of carbonyl (C=O) groups excluding carboxylic acids is 2. The maximum Gasteiger partial charge on any atom is 0.341 e. The lowest BCUT2D eigenvalue weighted by molar-refractivity contribution is -0.118. The Labute approximate surface area is 213 Å². The smallest absolute Gasteiger partial charge is 0.341 e. The molecule has 3 aliphatic rings. The van der Waals surface area contributed by atoms with Crippen LogP contribution in [0.2, 0.25) is 0 Å². The van der Waals surface area contributed by atoms with Crippen molar-refractivity contribution in [3.05, 3.63) is 61.1 Å². The van der Waals surface area contributed by atoms with E-state index in [0.717, 1.165) is 41.8 Å². The topological polar surface area (TPSA) is 96.4 Å². The third kappa shape index (κ3) is 3.91. The number of fused-ring (bicyclic) bond motifs is 1. The van der Waals surface area contributed by atoms with Crippen molar-refractivity contribution < 1.29 is 14.3 Å². The molecule has 2 N–H and O–H groups in total. The van der Waals surface area contributed by atoms with E-state index in [1.165, 1.54) is 16.2 Å². The number of hydrogen-bond donors (Lipinski definition) is 1. The number of Topliss-reactive ketones (excluding diaryl/α,β-unsaturated/α-hetero) is 1. The number of carbonyl (C=O) groups is 2. The van der Waals surface area contributed by atoms with Crippen LogP contribution in [-0.4, -0.2) is 18.4 Å².